The molecule has 3 rings (SSSR count). The summed E-state index contributed by atoms with van der Waals surface area (Å²) in [4.78, 5) is 24.6. The Kier molecular flexibility index (Phi) is 6.13. The third-order valence-electron chi connectivity index (χ3n) is 4.12. The summed E-state index contributed by atoms with van der Waals surface area (Å²) in [6.07, 6.45) is 5.00. The number of hydrogen-bond acceptors (Lipinski definition) is 5. The number of thiocarbonyl (C=S) groups is 1. The van der Waals surface area contributed by atoms with E-state index in [0.29, 0.717) is 16.4 Å². The molecule has 0 saturated carbocycles. The van der Waals surface area contributed by atoms with E-state index in [4.69, 9.17) is 21.7 Å². The molecule has 1 aromatic heterocycles. The summed E-state index contributed by atoms with van der Waals surface area (Å²) in [6, 6.07) is 11.9. The van der Waals surface area contributed by atoms with E-state index in [2.05, 4.69) is 19.1 Å². The van der Waals surface area contributed by atoms with Crippen LogP contribution in [0.25, 0.3) is 17.4 Å². The predicted molar refractivity (Wildman–Crippen MR) is 110 cm³/mol. The summed E-state index contributed by atoms with van der Waals surface area (Å²) in [7, 11) is 0. The molecular weight excluding hydrogens is 382 g/mol. The van der Waals surface area contributed by atoms with Crippen molar-refractivity contribution in [3.05, 3.63) is 52.6 Å². The number of carboxylic acid groups (broad SMARTS) is 1. The molecule has 2 aromatic rings. The Morgan fingerprint density at radius 1 is 1.26 bits per heavy atom. The number of rotatable bonds is 7. The minimum Gasteiger partial charge on any atom is -0.480 e. The molecule has 0 atom stereocenters. The molecule has 1 aliphatic rings. The van der Waals surface area contributed by atoms with Gasteiger partial charge in [-0.05, 0) is 30.5 Å². The molecule has 27 heavy (non-hydrogen) atoms. The molecule has 0 unspecified atom stereocenters. The number of furan rings is 1. The Bertz CT molecular complexity index is 899. The lowest BCUT2D eigenvalue weighted by Gasteiger charge is -2.09. The highest BCUT2D eigenvalue weighted by Crippen LogP contribution is 2.33. The summed E-state index contributed by atoms with van der Waals surface area (Å²) in [6.45, 7) is 1.74. The fourth-order valence-corrected chi connectivity index (χ4v) is 3.94. The fourth-order valence-electron chi connectivity index (χ4n) is 2.70. The highest BCUT2D eigenvalue weighted by molar-refractivity contribution is 8.26. The lowest BCUT2D eigenvalue weighted by atomic mass is 10.1. The second kappa shape index (κ2) is 8.54. The monoisotopic (exact) mass is 401 g/mol. The summed E-state index contributed by atoms with van der Waals surface area (Å²) in [5, 5.41) is 8.88. The molecular formula is C20H19NO4S2. The number of benzene rings is 1. The van der Waals surface area contributed by atoms with Crippen molar-refractivity contribution in [2.45, 2.75) is 26.2 Å². The van der Waals surface area contributed by atoms with Gasteiger partial charge in [-0.1, -0.05) is 61.6 Å². The number of hydrogen-bond donors (Lipinski definition) is 1. The van der Waals surface area contributed by atoms with Crippen molar-refractivity contribution >= 4 is 46.3 Å². The van der Waals surface area contributed by atoms with Gasteiger partial charge in [0.15, 0.2) is 0 Å². The van der Waals surface area contributed by atoms with Crippen LogP contribution < -0.4 is 0 Å². The molecule has 1 aliphatic heterocycles. The largest absolute Gasteiger partial charge is 0.480 e. The van der Waals surface area contributed by atoms with Gasteiger partial charge in [-0.15, -0.1) is 0 Å². The first kappa shape index (κ1) is 19.4. The number of thioether (sulfide) groups is 1. The SMILES string of the molecule is CCCCc1ccc(-c2ccc(/C=C3\SC(=S)N(CC(=O)O)C3=O)o2)cc1. The van der Waals surface area contributed by atoms with Gasteiger partial charge in [-0.25, -0.2) is 0 Å². The molecule has 1 N–H and O–H groups in total. The van der Waals surface area contributed by atoms with Crippen LogP contribution in [0.4, 0.5) is 0 Å². The number of carbonyl (C=O) groups is 2. The number of unbranched alkanes of at least 4 members (excludes halogenated alkanes) is 1. The number of amides is 1. The molecule has 2 heterocycles. The van der Waals surface area contributed by atoms with Crippen molar-refractivity contribution in [2.24, 2.45) is 0 Å². The Hall–Kier alpha value is -2.38. The summed E-state index contributed by atoms with van der Waals surface area (Å²) < 4.78 is 6.07. The fraction of sp³-hybridized carbons (Fsp3) is 0.250. The summed E-state index contributed by atoms with van der Waals surface area (Å²) in [5.74, 6) is -0.277. The second-order valence-electron chi connectivity index (χ2n) is 6.16. The summed E-state index contributed by atoms with van der Waals surface area (Å²) in [5.41, 5.74) is 2.27. The molecule has 1 aromatic carbocycles. The average Bonchev–Trinajstić information content (AvgIpc) is 3.21. The Labute approximate surface area is 167 Å². The molecule has 1 fully saturated rings. The normalized spacial score (nSPS) is 15.7. The zero-order chi connectivity index (χ0) is 19.4. The lowest BCUT2D eigenvalue weighted by Crippen LogP contribution is -2.33. The molecule has 0 aliphatic carbocycles. The minimum atomic E-state index is -1.10. The zero-order valence-corrected chi connectivity index (χ0v) is 16.4. The van der Waals surface area contributed by atoms with E-state index in [0.717, 1.165) is 28.6 Å². The van der Waals surface area contributed by atoms with Gasteiger partial charge >= 0.3 is 5.97 Å². The number of carbonyl (C=O) groups excluding carboxylic acids is 1. The second-order valence-corrected chi connectivity index (χ2v) is 7.84. The molecule has 1 saturated heterocycles. The van der Waals surface area contributed by atoms with Gasteiger partial charge in [0.25, 0.3) is 5.91 Å². The molecule has 7 heteroatoms. The van der Waals surface area contributed by atoms with Gasteiger partial charge in [0.05, 0.1) is 4.91 Å². The van der Waals surface area contributed by atoms with Crippen molar-refractivity contribution in [2.75, 3.05) is 6.54 Å². The van der Waals surface area contributed by atoms with Crippen LogP contribution in [0, 0.1) is 0 Å². The van der Waals surface area contributed by atoms with Gasteiger partial charge in [-0.2, -0.15) is 0 Å². The van der Waals surface area contributed by atoms with Crippen LogP contribution in [-0.4, -0.2) is 32.7 Å². The van der Waals surface area contributed by atoms with Crippen LogP contribution in [0.5, 0.6) is 0 Å². The number of nitrogens with zero attached hydrogens (tertiary/aromatic N) is 1. The molecule has 0 spiro atoms. The van der Waals surface area contributed by atoms with Gasteiger partial charge in [0.1, 0.15) is 22.4 Å². The Morgan fingerprint density at radius 2 is 2.00 bits per heavy atom. The maximum atomic E-state index is 12.3. The maximum absolute atomic E-state index is 12.3. The molecule has 5 nitrogen and oxygen atoms in total. The number of aliphatic carboxylic acids is 1. The van der Waals surface area contributed by atoms with Crippen LogP contribution in [0.1, 0.15) is 31.1 Å². The first-order valence-electron chi connectivity index (χ1n) is 8.64. The Balaban J connectivity index is 1.74. The van der Waals surface area contributed by atoms with E-state index in [9.17, 15) is 9.59 Å². The van der Waals surface area contributed by atoms with E-state index in [1.807, 2.05) is 18.2 Å². The summed E-state index contributed by atoms with van der Waals surface area (Å²) >= 11 is 6.17. The first-order chi connectivity index (χ1) is 13.0. The van der Waals surface area contributed by atoms with Crippen LogP contribution in [0.15, 0.2) is 45.7 Å². The van der Waals surface area contributed by atoms with Gasteiger partial charge in [0, 0.05) is 11.6 Å². The number of carboxylic acids is 1. The average molecular weight is 402 g/mol. The van der Waals surface area contributed by atoms with Gasteiger partial charge in [0.2, 0.25) is 0 Å². The molecule has 0 radical (unpaired) electrons. The van der Waals surface area contributed by atoms with Crippen molar-refractivity contribution < 1.29 is 19.1 Å². The standard InChI is InChI=1S/C20H19NO4S2/c1-2-3-4-13-5-7-14(8-6-13)16-10-9-15(25-16)11-17-19(24)21(12-18(22)23)20(26)27-17/h5-11H,2-4,12H2,1H3,(H,22,23)/b17-11-. The van der Waals surface area contributed by atoms with E-state index >= 15 is 0 Å². The lowest BCUT2D eigenvalue weighted by molar-refractivity contribution is -0.140. The first-order valence-corrected chi connectivity index (χ1v) is 9.86. The van der Waals surface area contributed by atoms with Gasteiger partial charge in [-0.3, -0.25) is 14.5 Å². The van der Waals surface area contributed by atoms with Crippen molar-refractivity contribution in [3.8, 4) is 11.3 Å². The van der Waals surface area contributed by atoms with E-state index < -0.39 is 18.4 Å². The minimum absolute atomic E-state index is 0.239. The maximum Gasteiger partial charge on any atom is 0.323 e. The van der Waals surface area contributed by atoms with Crippen LogP contribution >= 0.6 is 24.0 Å². The highest BCUT2D eigenvalue weighted by atomic mass is 32.2. The van der Waals surface area contributed by atoms with E-state index in [-0.39, 0.29) is 4.32 Å². The van der Waals surface area contributed by atoms with Crippen molar-refractivity contribution in [1.29, 1.82) is 0 Å². The predicted octanol–water partition coefficient (Wildman–Crippen LogP) is 4.58. The van der Waals surface area contributed by atoms with Crippen LogP contribution in [-0.2, 0) is 16.0 Å². The Morgan fingerprint density at radius 3 is 2.67 bits per heavy atom. The van der Waals surface area contributed by atoms with Crippen molar-refractivity contribution in [3.63, 3.8) is 0 Å². The van der Waals surface area contributed by atoms with Crippen LogP contribution in [0.2, 0.25) is 0 Å². The molecule has 140 valence electrons. The van der Waals surface area contributed by atoms with Gasteiger partial charge < -0.3 is 9.52 Å². The molecule has 1 amide bonds. The van der Waals surface area contributed by atoms with E-state index in [1.54, 1.807) is 12.1 Å². The smallest absolute Gasteiger partial charge is 0.323 e. The topological polar surface area (TPSA) is 70.8 Å². The third kappa shape index (κ3) is 4.67. The zero-order valence-electron chi connectivity index (χ0n) is 14.8. The quantitative estimate of drug-likeness (QED) is 0.541. The molecule has 0 bridgehead atoms. The highest BCUT2D eigenvalue weighted by Gasteiger charge is 2.33. The van der Waals surface area contributed by atoms with Crippen LogP contribution in [0.3, 0.4) is 0 Å². The number of aryl methyl sites for hydroxylation is 1. The van der Waals surface area contributed by atoms with Crippen molar-refractivity contribution in [1.82, 2.24) is 4.90 Å². The van der Waals surface area contributed by atoms with E-state index in [1.165, 1.54) is 18.4 Å². The third-order valence-corrected chi connectivity index (χ3v) is 5.50.